The minimum Gasteiger partial charge on any atom is -0.477 e. The molecular formula is C20H26N4O3. The van der Waals surface area contributed by atoms with Gasteiger partial charge in [0.15, 0.2) is 11.9 Å². The van der Waals surface area contributed by atoms with Crippen LogP contribution in [0.2, 0.25) is 0 Å². The number of hydrogen-bond donors (Lipinski definition) is 1. The number of rotatable bonds is 7. The van der Waals surface area contributed by atoms with Crippen molar-refractivity contribution in [3.8, 4) is 5.75 Å². The van der Waals surface area contributed by atoms with E-state index in [9.17, 15) is 4.79 Å². The first kappa shape index (κ1) is 17.8. The van der Waals surface area contributed by atoms with Crippen molar-refractivity contribution in [1.82, 2.24) is 15.5 Å². The Labute approximate surface area is 159 Å². The summed E-state index contributed by atoms with van der Waals surface area (Å²) in [5.41, 5.74) is 0.940. The molecule has 0 bridgehead atoms. The number of nitrogens with zero attached hydrogens (tertiary/aromatic N) is 3. The molecule has 1 fully saturated rings. The van der Waals surface area contributed by atoms with Crippen LogP contribution < -0.4 is 15.0 Å². The minimum atomic E-state index is -0.564. The number of benzene rings is 1. The van der Waals surface area contributed by atoms with Gasteiger partial charge in [0.05, 0.1) is 18.8 Å². The van der Waals surface area contributed by atoms with Crippen LogP contribution in [0.5, 0.6) is 5.75 Å². The van der Waals surface area contributed by atoms with Gasteiger partial charge in [-0.15, -0.1) is 0 Å². The maximum atomic E-state index is 12.7. The highest BCUT2D eigenvalue weighted by Gasteiger charge is 2.33. The third kappa shape index (κ3) is 3.91. The van der Waals surface area contributed by atoms with Crippen molar-refractivity contribution in [1.29, 1.82) is 0 Å². The third-order valence-corrected chi connectivity index (χ3v) is 5.24. The SMILES string of the molecule is CCC(CC)NC(=O)C1CN(Cc2nc(C3CC3)no2)c2ccccc2O1. The van der Waals surface area contributed by atoms with Gasteiger partial charge in [0, 0.05) is 12.0 Å². The lowest BCUT2D eigenvalue weighted by molar-refractivity contribution is -0.128. The fourth-order valence-corrected chi connectivity index (χ4v) is 3.38. The Morgan fingerprint density at radius 3 is 2.81 bits per heavy atom. The van der Waals surface area contributed by atoms with Crippen molar-refractivity contribution in [2.75, 3.05) is 11.4 Å². The Kier molecular flexibility index (Phi) is 5.01. The molecule has 1 amide bonds. The largest absolute Gasteiger partial charge is 0.477 e. The molecule has 144 valence electrons. The quantitative estimate of drug-likeness (QED) is 0.807. The van der Waals surface area contributed by atoms with E-state index in [1.807, 2.05) is 24.3 Å². The van der Waals surface area contributed by atoms with Gasteiger partial charge < -0.3 is 19.5 Å². The molecule has 1 unspecified atom stereocenters. The van der Waals surface area contributed by atoms with E-state index in [4.69, 9.17) is 9.26 Å². The number of para-hydroxylation sites is 2. The molecule has 1 aromatic heterocycles. The number of fused-ring (bicyclic) bond motifs is 1. The lowest BCUT2D eigenvalue weighted by Crippen LogP contribution is -2.51. The van der Waals surface area contributed by atoms with Gasteiger partial charge in [0.1, 0.15) is 5.75 Å². The van der Waals surface area contributed by atoms with Gasteiger partial charge in [-0.3, -0.25) is 4.79 Å². The molecule has 0 radical (unpaired) electrons. The van der Waals surface area contributed by atoms with Gasteiger partial charge in [-0.05, 0) is 37.8 Å². The van der Waals surface area contributed by atoms with Crippen LogP contribution in [0, 0.1) is 0 Å². The van der Waals surface area contributed by atoms with E-state index in [0.717, 1.165) is 37.2 Å². The third-order valence-electron chi connectivity index (χ3n) is 5.24. The summed E-state index contributed by atoms with van der Waals surface area (Å²) in [7, 11) is 0. The van der Waals surface area contributed by atoms with Crippen LogP contribution in [0.25, 0.3) is 0 Å². The number of aromatic nitrogens is 2. The predicted molar refractivity (Wildman–Crippen MR) is 101 cm³/mol. The second kappa shape index (κ2) is 7.58. The summed E-state index contributed by atoms with van der Waals surface area (Å²) in [5, 5.41) is 7.18. The summed E-state index contributed by atoms with van der Waals surface area (Å²) < 4.78 is 11.4. The first-order valence-electron chi connectivity index (χ1n) is 9.81. The zero-order valence-electron chi connectivity index (χ0n) is 15.9. The topological polar surface area (TPSA) is 80.5 Å². The fourth-order valence-electron chi connectivity index (χ4n) is 3.38. The molecule has 1 aliphatic carbocycles. The van der Waals surface area contributed by atoms with Gasteiger partial charge >= 0.3 is 0 Å². The van der Waals surface area contributed by atoms with Crippen molar-refractivity contribution in [3.63, 3.8) is 0 Å². The van der Waals surface area contributed by atoms with Gasteiger partial charge in [0.25, 0.3) is 5.91 Å². The molecule has 27 heavy (non-hydrogen) atoms. The number of ether oxygens (including phenoxy) is 1. The second-order valence-corrected chi connectivity index (χ2v) is 7.30. The van der Waals surface area contributed by atoms with Crippen LogP contribution in [0.1, 0.15) is 57.2 Å². The number of hydrogen-bond acceptors (Lipinski definition) is 6. The number of nitrogens with one attached hydrogen (secondary N) is 1. The highest BCUT2D eigenvalue weighted by atomic mass is 16.5. The van der Waals surface area contributed by atoms with Crippen molar-refractivity contribution >= 4 is 11.6 Å². The lowest BCUT2D eigenvalue weighted by Gasteiger charge is -2.35. The molecule has 1 N–H and O–H groups in total. The Bertz CT molecular complexity index is 798. The van der Waals surface area contributed by atoms with Crippen molar-refractivity contribution in [2.45, 2.75) is 64.1 Å². The summed E-state index contributed by atoms with van der Waals surface area (Å²) in [4.78, 5) is 19.3. The summed E-state index contributed by atoms with van der Waals surface area (Å²) in [6.45, 7) is 5.06. The molecule has 2 heterocycles. The zero-order chi connectivity index (χ0) is 18.8. The molecule has 0 spiro atoms. The predicted octanol–water partition coefficient (Wildman–Crippen LogP) is 3.02. The Morgan fingerprint density at radius 1 is 1.30 bits per heavy atom. The Balaban J connectivity index is 1.51. The van der Waals surface area contributed by atoms with E-state index in [-0.39, 0.29) is 11.9 Å². The van der Waals surface area contributed by atoms with Gasteiger partial charge in [-0.25, -0.2) is 0 Å². The summed E-state index contributed by atoms with van der Waals surface area (Å²) in [6.07, 6.45) is 3.52. The second-order valence-electron chi connectivity index (χ2n) is 7.30. The molecule has 1 aliphatic heterocycles. The first-order valence-corrected chi connectivity index (χ1v) is 9.81. The van der Waals surface area contributed by atoms with Gasteiger partial charge in [-0.2, -0.15) is 4.98 Å². The van der Waals surface area contributed by atoms with Crippen LogP contribution in [-0.4, -0.2) is 34.7 Å². The maximum absolute atomic E-state index is 12.7. The molecule has 2 aromatic rings. The minimum absolute atomic E-state index is 0.0765. The van der Waals surface area contributed by atoms with E-state index in [2.05, 4.69) is 34.2 Å². The van der Waals surface area contributed by atoms with E-state index >= 15 is 0 Å². The monoisotopic (exact) mass is 370 g/mol. The molecule has 1 atom stereocenters. The van der Waals surface area contributed by atoms with Crippen molar-refractivity contribution < 1.29 is 14.1 Å². The van der Waals surface area contributed by atoms with E-state index in [1.165, 1.54) is 0 Å². The number of carbonyl (C=O) groups excluding carboxylic acids is 1. The fraction of sp³-hybridized carbons (Fsp3) is 0.550. The summed E-state index contributed by atoms with van der Waals surface area (Å²) in [5.74, 6) is 2.46. The molecular weight excluding hydrogens is 344 g/mol. The molecule has 4 rings (SSSR count). The number of anilines is 1. The van der Waals surface area contributed by atoms with Crippen molar-refractivity contribution in [2.24, 2.45) is 0 Å². The molecule has 7 nitrogen and oxygen atoms in total. The molecule has 1 saturated carbocycles. The van der Waals surface area contributed by atoms with Crippen LogP contribution in [0.15, 0.2) is 28.8 Å². The van der Waals surface area contributed by atoms with E-state index < -0.39 is 6.10 Å². The van der Waals surface area contributed by atoms with Crippen LogP contribution in [0.4, 0.5) is 5.69 Å². The smallest absolute Gasteiger partial charge is 0.263 e. The summed E-state index contributed by atoms with van der Waals surface area (Å²) in [6, 6.07) is 7.92. The molecule has 7 heteroatoms. The standard InChI is InChI=1S/C20H26N4O3/c1-3-14(4-2)21-20(25)17-11-24(15-7-5-6-8-16(15)26-17)12-18-22-19(23-27-18)13-9-10-13/h5-8,13-14,17H,3-4,9-12H2,1-2H3,(H,21,25). The highest BCUT2D eigenvalue weighted by molar-refractivity contribution is 5.83. The average molecular weight is 370 g/mol. The summed E-state index contributed by atoms with van der Waals surface area (Å²) >= 11 is 0. The van der Waals surface area contributed by atoms with Gasteiger partial charge in [-0.1, -0.05) is 31.1 Å². The first-order chi connectivity index (χ1) is 13.2. The number of carbonyl (C=O) groups is 1. The average Bonchev–Trinajstić information content (AvgIpc) is 3.45. The highest BCUT2D eigenvalue weighted by Crippen LogP contribution is 2.38. The number of amides is 1. The van der Waals surface area contributed by atoms with Crippen LogP contribution >= 0.6 is 0 Å². The molecule has 2 aliphatic rings. The Morgan fingerprint density at radius 2 is 2.07 bits per heavy atom. The lowest BCUT2D eigenvalue weighted by atomic mass is 10.1. The van der Waals surface area contributed by atoms with Crippen LogP contribution in [-0.2, 0) is 11.3 Å². The van der Waals surface area contributed by atoms with Crippen LogP contribution in [0.3, 0.4) is 0 Å². The van der Waals surface area contributed by atoms with Crippen molar-refractivity contribution in [3.05, 3.63) is 36.0 Å². The maximum Gasteiger partial charge on any atom is 0.263 e. The normalized spacial score (nSPS) is 18.9. The van der Waals surface area contributed by atoms with E-state index in [1.54, 1.807) is 0 Å². The zero-order valence-corrected chi connectivity index (χ0v) is 15.9. The Hall–Kier alpha value is -2.57. The molecule has 1 aromatic carbocycles. The van der Waals surface area contributed by atoms with Gasteiger partial charge in [0.2, 0.25) is 5.89 Å². The van der Waals surface area contributed by atoms with E-state index in [0.29, 0.717) is 30.6 Å². The molecule has 0 saturated heterocycles.